The summed E-state index contributed by atoms with van der Waals surface area (Å²) in [7, 11) is 0. The number of pyridine rings is 1. The Bertz CT molecular complexity index is 459. The number of hydrogen-bond donors (Lipinski definition) is 2. The van der Waals surface area contributed by atoms with Crippen LogP contribution in [0.3, 0.4) is 0 Å². The Hall–Kier alpha value is -1.78. The highest BCUT2D eigenvalue weighted by molar-refractivity contribution is 5.27. The summed E-state index contributed by atoms with van der Waals surface area (Å²) in [4.78, 5) is 4.19. The number of benzene rings is 1. The number of rotatable bonds is 3. The van der Waals surface area contributed by atoms with Gasteiger partial charge in [-0.25, -0.2) is 9.82 Å². The molecule has 2 aromatic rings. The highest BCUT2D eigenvalue weighted by Crippen LogP contribution is 2.19. The van der Waals surface area contributed by atoms with Crippen LogP contribution in [-0.2, 0) is 0 Å². The van der Waals surface area contributed by atoms with E-state index >= 15 is 0 Å². The van der Waals surface area contributed by atoms with Crippen molar-refractivity contribution in [1.82, 2.24) is 10.4 Å². The van der Waals surface area contributed by atoms with E-state index in [9.17, 15) is 4.39 Å². The standard InChI is InChI=1S/C12H12FN3/c13-10-5-3-4-9(8-10)12(16-14)11-6-1-2-7-15-11/h1-8,12,16H,14H2. The summed E-state index contributed by atoms with van der Waals surface area (Å²) in [5.74, 6) is 5.19. The fraction of sp³-hybridized carbons (Fsp3) is 0.0833. The van der Waals surface area contributed by atoms with E-state index in [1.54, 1.807) is 12.3 Å². The van der Waals surface area contributed by atoms with Crippen LogP contribution < -0.4 is 11.3 Å². The third-order valence-corrected chi connectivity index (χ3v) is 2.33. The molecule has 0 amide bonds. The molecule has 1 heterocycles. The van der Waals surface area contributed by atoms with Crippen LogP contribution >= 0.6 is 0 Å². The molecule has 0 radical (unpaired) electrons. The van der Waals surface area contributed by atoms with Crippen molar-refractivity contribution in [3.8, 4) is 0 Å². The molecular formula is C12H12FN3. The zero-order valence-electron chi connectivity index (χ0n) is 8.60. The maximum Gasteiger partial charge on any atom is 0.123 e. The lowest BCUT2D eigenvalue weighted by Crippen LogP contribution is -2.29. The summed E-state index contributed by atoms with van der Waals surface area (Å²) >= 11 is 0. The van der Waals surface area contributed by atoms with E-state index in [1.807, 2.05) is 24.3 Å². The van der Waals surface area contributed by atoms with E-state index in [1.165, 1.54) is 12.1 Å². The molecule has 0 bridgehead atoms. The minimum atomic E-state index is -0.295. The molecule has 1 unspecified atom stereocenters. The lowest BCUT2D eigenvalue weighted by molar-refractivity contribution is 0.598. The summed E-state index contributed by atoms with van der Waals surface area (Å²) in [6, 6.07) is 11.5. The van der Waals surface area contributed by atoms with Gasteiger partial charge in [-0.3, -0.25) is 10.8 Å². The van der Waals surface area contributed by atoms with Gasteiger partial charge in [0.25, 0.3) is 0 Å². The van der Waals surface area contributed by atoms with Gasteiger partial charge < -0.3 is 0 Å². The van der Waals surface area contributed by atoms with Gasteiger partial charge in [0.05, 0.1) is 11.7 Å². The van der Waals surface area contributed by atoms with E-state index in [0.29, 0.717) is 0 Å². The van der Waals surface area contributed by atoms with E-state index in [2.05, 4.69) is 10.4 Å². The Balaban J connectivity index is 2.37. The maximum absolute atomic E-state index is 13.1. The van der Waals surface area contributed by atoms with Crippen LogP contribution in [-0.4, -0.2) is 4.98 Å². The van der Waals surface area contributed by atoms with Crippen LogP contribution in [0.2, 0.25) is 0 Å². The van der Waals surface area contributed by atoms with Crippen molar-refractivity contribution in [2.24, 2.45) is 5.84 Å². The lowest BCUT2D eigenvalue weighted by atomic mass is 10.0. The molecule has 0 saturated heterocycles. The number of nitrogens with one attached hydrogen (secondary N) is 1. The van der Waals surface area contributed by atoms with Crippen LogP contribution in [0.1, 0.15) is 17.3 Å². The first-order chi connectivity index (χ1) is 7.81. The Labute approximate surface area is 93.1 Å². The molecule has 0 aliphatic carbocycles. The van der Waals surface area contributed by atoms with Gasteiger partial charge in [0.15, 0.2) is 0 Å². The monoisotopic (exact) mass is 217 g/mol. The molecule has 82 valence electrons. The fourth-order valence-corrected chi connectivity index (χ4v) is 1.59. The van der Waals surface area contributed by atoms with Crippen molar-refractivity contribution in [2.45, 2.75) is 6.04 Å². The van der Waals surface area contributed by atoms with Crippen LogP contribution in [0, 0.1) is 5.82 Å². The molecule has 0 fully saturated rings. The topological polar surface area (TPSA) is 50.9 Å². The minimum Gasteiger partial charge on any atom is -0.271 e. The molecule has 0 saturated carbocycles. The average molecular weight is 217 g/mol. The number of nitrogens with two attached hydrogens (primary N) is 1. The molecule has 4 heteroatoms. The molecule has 2 rings (SSSR count). The van der Waals surface area contributed by atoms with Crippen LogP contribution in [0.15, 0.2) is 48.7 Å². The SMILES string of the molecule is NNC(c1cccc(F)c1)c1ccccn1. The van der Waals surface area contributed by atoms with Crippen LogP contribution in [0.25, 0.3) is 0 Å². The molecular weight excluding hydrogens is 205 g/mol. The number of nitrogens with zero attached hydrogens (tertiary/aromatic N) is 1. The Morgan fingerprint density at radius 2 is 2.06 bits per heavy atom. The van der Waals surface area contributed by atoms with Gasteiger partial charge in [0.1, 0.15) is 5.82 Å². The van der Waals surface area contributed by atoms with Crippen LogP contribution in [0.4, 0.5) is 4.39 Å². The van der Waals surface area contributed by atoms with Crippen molar-refractivity contribution < 1.29 is 4.39 Å². The first-order valence-electron chi connectivity index (χ1n) is 4.94. The molecule has 3 N–H and O–H groups in total. The number of hydrazine groups is 1. The number of hydrogen-bond acceptors (Lipinski definition) is 3. The fourth-order valence-electron chi connectivity index (χ4n) is 1.59. The highest BCUT2D eigenvalue weighted by Gasteiger charge is 2.13. The van der Waals surface area contributed by atoms with Gasteiger partial charge in [-0.1, -0.05) is 18.2 Å². The molecule has 0 spiro atoms. The normalized spacial score (nSPS) is 12.4. The average Bonchev–Trinajstić information content (AvgIpc) is 2.31. The highest BCUT2D eigenvalue weighted by atomic mass is 19.1. The molecule has 0 aliphatic rings. The zero-order valence-corrected chi connectivity index (χ0v) is 8.60. The summed E-state index contributed by atoms with van der Waals surface area (Å²) in [5.41, 5.74) is 4.14. The second-order valence-electron chi connectivity index (χ2n) is 3.41. The minimum absolute atomic E-state index is 0.284. The second-order valence-corrected chi connectivity index (χ2v) is 3.41. The van der Waals surface area contributed by atoms with Crippen molar-refractivity contribution in [3.63, 3.8) is 0 Å². The Kier molecular flexibility index (Phi) is 3.24. The van der Waals surface area contributed by atoms with Crippen molar-refractivity contribution in [2.75, 3.05) is 0 Å². The largest absolute Gasteiger partial charge is 0.271 e. The summed E-state index contributed by atoms with van der Waals surface area (Å²) < 4.78 is 13.1. The summed E-state index contributed by atoms with van der Waals surface area (Å²) in [6.45, 7) is 0. The molecule has 3 nitrogen and oxygen atoms in total. The smallest absolute Gasteiger partial charge is 0.123 e. The van der Waals surface area contributed by atoms with Gasteiger partial charge in [0, 0.05) is 6.20 Å². The molecule has 16 heavy (non-hydrogen) atoms. The predicted molar refractivity (Wildman–Crippen MR) is 59.8 cm³/mol. The number of aromatic nitrogens is 1. The van der Waals surface area contributed by atoms with Crippen molar-refractivity contribution >= 4 is 0 Å². The number of halogens is 1. The van der Waals surface area contributed by atoms with Gasteiger partial charge in [-0.15, -0.1) is 0 Å². The van der Waals surface area contributed by atoms with Crippen LogP contribution in [0.5, 0.6) is 0 Å². The first-order valence-corrected chi connectivity index (χ1v) is 4.94. The van der Waals surface area contributed by atoms with Gasteiger partial charge in [-0.2, -0.15) is 0 Å². The maximum atomic E-state index is 13.1. The van der Waals surface area contributed by atoms with Crippen molar-refractivity contribution in [3.05, 3.63) is 65.7 Å². The predicted octanol–water partition coefficient (Wildman–Crippen LogP) is 1.77. The van der Waals surface area contributed by atoms with Crippen molar-refractivity contribution in [1.29, 1.82) is 0 Å². The Morgan fingerprint density at radius 3 is 2.69 bits per heavy atom. The van der Waals surface area contributed by atoms with E-state index < -0.39 is 0 Å². The summed E-state index contributed by atoms with van der Waals surface area (Å²) in [5, 5.41) is 0. The molecule has 1 atom stereocenters. The van der Waals surface area contributed by atoms with Gasteiger partial charge >= 0.3 is 0 Å². The zero-order chi connectivity index (χ0) is 11.4. The third-order valence-electron chi connectivity index (χ3n) is 2.33. The molecule has 1 aromatic heterocycles. The first kappa shape index (κ1) is 10.7. The lowest BCUT2D eigenvalue weighted by Gasteiger charge is -2.15. The Morgan fingerprint density at radius 1 is 1.19 bits per heavy atom. The van der Waals surface area contributed by atoms with E-state index in [4.69, 9.17) is 5.84 Å². The van der Waals surface area contributed by atoms with Gasteiger partial charge in [0.2, 0.25) is 0 Å². The third kappa shape index (κ3) is 2.24. The second kappa shape index (κ2) is 4.83. The van der Waals surface area contributed by atoms with Gasteiger partial charge in [-0.05, 0) is 29.8 Å². The summed E-state index contributed by atoms with van der Waals surface area (Å²) in [6.07, 6.45) is 1.68. The molecule has 1 aromatic carbocycles. The van der Waals surface area contributed by atoms with E-state index in [-0.39, 0.29) is 11.9 Å². The quantitative estimate of drug-likeness (QED) is 0.608. The van der Waals surface area contributed by atoms with E-state index in [0.717, 1.165) is 11.3 Å². The molecule has 0 aliphatic heterocycles.